The van der Waals surface area contributed by atoms with Gasteiger partial charge in [0.15, 0.2) is 16.7 Å². The van der Waals surface area contributed by atoms with Crippen LogP contribution in [0.2, 0.25) is 10.0 Å². The molecule has 0 aliphatic carbocycles. The van der Waals surface area contributed by atoms with Crippen LogP contribution >= 0.6 is 50.9 Å². The molecule has 0 saturated carbocycles. The van der Waals surface area contributed by atoms with Gasteiger partial charge < -0.3 is 14.8 Å². The van der Waals surface area contributed by atoms with Crippen LogP contribution < -0.4 is 14.8 Å². The number of hydrogen-bond acceptors (Lipinski definition) is 5. The topological polar surface area (TPSA) is 59.9 Å². The Kier molecular flexibility index (Phi) is 8.12. The van der Waals surface area contributed by atoms with Gasteiger partial charge in [-0.05, 0) is 84.8 Å². The number of amides is 1. The zero-order chi connectivity index (χ0) is 25.1. The maximum atomic E-state index is 12.5. The molecule has 0 radical (unpaired) electrons. The molecule has 3 aromatic carbocycles. The van der Waals surface area contributed by atoms with E-state index in [-0.39, 0.29) is 12.5 Å². The molecule has 1 aliphatic heterocycles. The van der Waals surface area contributed by atoms with Gasteiger partial charge in [-0.1, -0.05) is 51.3 Å². The summed E-state index contributed by atoms with van der Waals surface area (Å²) in [6, 6.07) is 14.7. The van der Waals surface area contributed by atoms with Crippen molar-refractivity contribution in [2.75, 3.05) is 7.11 Å². The summed E-state index contributed by atoms with van der Waals surface area (Å²) in [5, 5.41) is 4.47. The van der Waals surface area contributed by atoms with Crippen LogP contribution in [-0.4, -0.2) is 18.2 Å². The van der Waals surface area contributed by atoms with Gasteiger partial charge in [-0.2, -0.15) is 0 Å². The first-order valence-electron chi connectivity index (χ1n) is 10.5. The summed E-state index contributed by atoms with van der Waals surface area (Å²) in [6.45, 7) is 4.29. The lowest BCUT2D eigenvalue weighted by atomic mass is 10.1. The SMILES string of the molecule is COc1cc(/C=C2\SC(=Nc3cc(C)c(Br)c(C)c3)NC2=O)ccc1OCc1ccc(Cl)cc1Cl. The Bertz CT molecular complexity index is 1350. The van der Waals surface area contributed by atoms with Crippen molar-refractivity contribution in [1.29, 1.82) is 0 Å². The maximum Gasteiger partial charge on any atom is 0.264 e. The van der Waals surface area contributed by atoms with Crippen molar-refractivity contribution >= 4 is 73.7 Å². The zero-order valence-electron chi connectivity index (χ0n) is 19.1. The average molecular weight is 592 g/mol. The summed E-state index contributed by atoms with van der Waals surface area (Å²) < 4.78 is 12.5. The first kappa shape index (κ1) is 25.6. The summed E-state index contributed by atoms with van der Waals surface area (Å²) in [6.07, 6.45) is 1.79. The molecular formula is C26H21BrCl2N2O3S. The molecule has 1 amide bonds. The van der Waals surface area contributed by atoms with Gasteiger partial charge in [-0.3, -0.25) is 4.79 Å². The van der Waals surface area contributed by atoms with E-state index in [2.05, 4.69) is 26.2 Å². The summed E-state index contributed by atoms with van der Waals surface area (Å²) in [7, 11) is 1.57. The third-order valence-electron chi connectivity index (χ3n) is 5.19. The number of thioether (sulfide) groups is 1. The number of aryl methyl sites for hydroxylation is 2. The number of halogens is 3. The number of methoxy groups -OCH3 is 1. The molecule has 0 spiro atoms. The molecule has 1 saturated heterocycles. The van der Waals surface area contributed by atoms with Crippen molar-refractivity contribution in [2.24, 2.45) is 4.99 Å². The highest BCUT2D eigenvalue weighted by Gasteiger charge is 2.24. The molecule has 9 heteroatoms. The molecule has 4 rings (SSSR count). The molecule has 5 nitrogen and oxygen atoms in total. The van der Waals surface area contributed by atoms with Crippen LogP contribution in [0.25, 0.3) is 6.08 Å². The van der Waals surface area contributed by atoms with Crippen LogP contribution in [0, 0.1) is 13.8 Å². The number of nitrogens with one attached hydrogen (secondary N) is 1. The first-order chi connectivity index (χ1) is 16.7. The van der Waals surface area contributed by atoms with Crippen molar-refractivity contribution in [3.8, 4) is 11.5 Å². The second-order valence-corrected chi connectivity index (χ2v) is 10.5. The standard InChI is InChI=1S/C26H21BrCl2N2O3S/c1-14-8-19(9-15(2)24(14)27)30-26-31-25(32)23(35-26)11-16-4-7-21(22(10-16)33-3)34-13-17-5-6-18(28)12-20(17)29/h4-12H,13H2,1-3H3,(H,30,31,32)/b23-11-. The third-order valence-corrected chi connectivity index (χ3v) is 7.93. The van der Waals surface area contributed by atoms with Crippen molar-refractivity contribution in [2.45, 2.75) is 20.5 Å². The van der Waals surface area contributed by atoms with E-state index in [1.54, 1.807) is 31.4 Å². The van der Waals surface area contributed by atoms with E-state index in [4.69, 9.17) is 32.7 Å². The number of hydrogen-bond donors (Lipinski definition) is 1. The maximum absolute atomic E-state index is 12.5. The van der Waals surface area contributed by atoms with Crippen LogP contribution in [0.3, 0.4) is 0 Å². The number of carbonyl (C=O) groups is 1. The fraction of sp³-hybridized carbons (Fsp3) is 0.154. The second-order valence-electron chi connectivity index (χ2n) is 7.81. The van der Waals surface area contributed by atoms with Crippen LogP contribution in [-0.2, 0) is 11.4 Å². The molecule has 0 aromatic heterocycles. The molecule has 0 atom stereocenters. The first-order valence-corrected chi connectivity index (χ1v) is 12.9. The molecule has 1 aliphatic rings. The summed E-state index contributed by atoms with van der Waals surface area (Å²) in [5.41, 5.74) is 4.57. The lowest BCUT2D eigenvalue weighted by Gasteiger charge is -2.12. The number of aliphatic imine (C=N–C) groups is 1. The van der Waals surface area contributed by atoms with Crippen molar-refractivity contribution in [3.63, 3.8) is 0 Å². The van der Waals surface area contributed by atoms with Gasteiger partial charge in [0.1, 0.15) is 6.61 Å². The fourth-order valence-electron chi connectivity index (χ4n) is 3.42. The van der Waals surface area contributed by atoms with Crippen LogP contribution in [0.1, 0.15) is 22.3 Å². The molecule has 1 fully saturated rings. The Balaban J connectivity index is 1.50. The molecule has 1 heterocycles. The molecule has 0 bridgehead atoms. The second kappa shape index (κ2) is 11.1. The van der Waals surface area contributed by atoms with E-state index in [1.807, 2.05) is 44.2 Å². The highest BCUT2D eigenvalue weighted by molar-refractivity contribution is 9.10. The highest BCUT2D eigenvalue weighted by atomic mass is 79.9. The van der Waals surface area contributed by atoms with E-state index in [0.717, 1.165) is 32.4 Å². The summed E-state index contributed by atoms with van der Waals surface area (Å²) in [5.74, 6) is 0.908. The van der Waals surface area contributed by atoms with Crippen molar-refractivity contribution in [3.05, 3.63) is 90.2 Å². The Morgan fingerprint density at radius 2 is 1.80 bits per heavy atom. The van der Waals surface area contributed by atoms with E-state index < -0.39 is 0 Å². The van der Waals surface area contributed by atoms with Crippen molar-refractivity contribution in [1.82, 2.24) is 5.32 Å². The van der Waals surface area contributed by atoms with E-state index in [0.29, 0.717) is 31.6 Å². The van der Waals surface area contributed by atoms with Crippen LogP contribution in [0.15, 0.2) is 62.9 Å². The Morgan fingerprint density at radius 1 is 1.06 bits per heavy atom. The monoisotopic (exact) mass is 590 g/mol. The number of benzene rings is 3. The molecule has 1 N–H and O–H groups in total. The predicted octanol–water partition coefficient (Wildman–Crippen LogP) is 7.85. The van der Waals surface area contributed by atoms with Gasteiger partial charge in [-0.15, -0.1) is 0 Å². The summed E-state index contributed by atoms with van der Waals surface area (Å²) >= 11 is 17.0. The Labute approximate surface area is 226 Å². The van der Waals surface area contributed by atoms with E-state index in [1.165, 1.54) is 11.8 Å². The smallest absolute Gasteiger partial charge is 0.264 e. The number of ether oxygens (including phenoxy) is 2. The Morgan fingerprint density at radius 3 is 2.49 bits per heavy atom. The van der Waals surface area contributed by atoms with Crippen LogP contribution in [0.4, 0.5) is 5.69 Å². The van der Waals surface area contributed by atoms with Gasteiger partial charge in [-0.25, -0.2) is 4.99 Å². The number of carbonyl (C=O) groups excluding carboxylic acids is 1. The van der Waals surface area contributed by atoms with Gasteiger partial charge >= 0.3 is 0 Å². The van der Waals surface area contributed by atoms with Gasteiger partial charge in [0, 0.05) is 20.1 Å². The number of rotatable bonds is 6. The largest absolute Gasteiger partial charge is 0.493 e. The van der Waals surface area contributed by atoms with Crippen molar-refractivity contribution < 1.29 is 14.3 Å². The lowest BCUT2D eigenvalue weighted by Crippen LogP contribution is -2.19. The molecule has 0 unspecified atom stereocenters. The molecule has 35 heavy (non-hydrogen) atoms. The highest BCUT2D eigenvalue weighted by Crippen LogP contribution is 2.34. The lowest BCUT2D eigenvalue weighted by molar-refractivity contribution is -0.115. The van der Waals surface area contributed by atoms with Gasteiger partial charge in [0.05, 0.1) is 17.7 Å². The zero-order valence-corrected chi connectivity index (χ0v) is 23.0. The minimum Gasteiger partial charge on any atom is -0.493 e. The predicted molar refractivity (Wildman–Crippen MR) is 148 cm³/mol. The van der Waals surface area contributed by atoms with Crippen LogP contribution in [0.5, 0.6) is 11.5 Å². The van der Waals surface area contributed by atoms with Gasteiger partial charge in [0.25, 0.3) is 5.91 Å². The fourth-order valence-corrected chi connectivity index (χ4v) is 4.96. The third kappa shape index (κ3) is 6.22. The Hall–Kier alpha value is -2.45. The van der Waals surface area contributed by atoms with E-state index in [9.17, 15) is 4.79 Å². The van der Waals surface area contributed by atoms with Gasteiger partial charge in [0.2, 0.25) is 0 Å². The number of amidine groups is 1. The molecule has 180 valence electrons. The van der Waals surface area contributed by atoms with E-state index >= 15 is 0 Å². The summed E-state index contributed by atoms with van der Waals surface area (Å²) in [4.78, 5) is 17.7. The quantitative estimate of drug-likeness (QED) is 0.296. The normalized spacial score (nSPS) is 15.5. The average Bonchev–Trinajstić information content (AvgIpc) is 3.15. The minimum absolute atomic E-state index is 0.198. The number of nitrogens with zero attached hydrogens (tertiary/aromatic N) is 1. The molecular weight excluding hydrogens is 571 g/mol. The minimum atomic E-state index is -0.198. The molecule has 3 aromatic rings.